The van der Waals surface area contributed by atoms with Crippen LogP contribution >= 0.6 is 11.6 Å². The van der Waals surface area contributed by atoms with Crippen LogP contribution < -0.4 is 9.64 Å². The summed E-state index contributed by atoms with van der Waals surface area (Å²) in [5.74, 6) is -0.201. The maximum Gasteiger partial charge on any atom is 0.277 e. The van der Waals surface area contributed by atoms with Gasteiger partial charge >= 0.3 is 0 Å². The minimum absolute atomic E-state index is 0.0622. The van der Waals surface area contributed by atoms with Crippen molar-refractivity contribution in [2.75, 3.05) is 11.5 Å². The molecule has 0 saturated heterocycles. The number of rotatable bonds is 5. The van der Waals surface area contributed by atoms with E-state index in [1.54, 1.807) is 36.4 Å². The van der Waals surface area contributed by atoms with Gasteiger partial charge in [0.05, 0.1) is 17.9 Å². The lowest BCUT2D eigenvalue weighted by molar-refractivity contribution is -0.119. The van der Waals surface area contributed by atoms with E-state index in [-0.39, 0.29) is 10.6 Å². The van der Waals surface area contributed by atoms with E-state index >= 15 is 0 Å². The number of aryl methyl sites for hydroxylation is 1. The first-order valence-electron chi connectivity index (χ1n) is 8.11. The van der Waals surface area contributed by atoms with Gasteiger partial charge in [-0.3, -0.25) is 9.59 Å². The third kappa shape index (κ3) is 3.30. The van der Waals surface area contributed by atoms with E-state index < -0.39 is 11.8 Å². The molecule has 0 saturated carbocycles. The number of halogens is 1. The van der Waals surface area contributed by atoms with Gasteiger partial charge in [-0.05, 0) is 43.2 Å². The number of anilines is 1. The van der Waals surface area contributed by atoms with Crippen LogP contribution in [-0.2, 0) is 9.59 Å². The summed E-state index contributed by atoms with van der Waals surface area (Å²) < 4.78 is 5.54. The summed E-state index contributed by atoms with van der Waals surface area (Å²) in [6, 6.07) is 14.2. The first kappa shape index (κ1) is 17.2. The average molecular weight is 356 g/mol. The molecule has 1 heterocycles. The third-order valence-electron chi connectivity index (χ3n) is 3.94. The van der Waals surface area contributed by atoms with Crippen LogP contribution in [0.3, 0.4) is 0 Å². The lowest BCUT2D eigenvalue weighted by atomic mass is 10.1. The molecule has 5 heteroatoms. The number of imide groups is 1. The molecule has 2 aromatic carbocycles. The van der Waals surface area contributed by atoms with Gasteiger partial charge in [0.25, 0.3) is 11.8 Å². The SMILES string of the molecule is CCCOc1ccc(C2=C(Cl)C(=O)N(c3ccc(C)cc3)C2=O)cc1. The molecule has 0 unspecified atom stereocenters. The second-order valence-corrected chi connectivity index (χ2v) is 6.22. The molecule has 128 valence electrons. The topological polar surface area (TPSA) is 46.6 Å². The van der Waals surface area contributed by atoms with Gasteiger partial charge in [0.15, 0.2) is 0 Å². The van der Waals surface area contributed by atoms with Crippen molar-refractivity contribution in [3.05, 3.63) is 64.7 Å². The molecule has 0 bridgehead atoms. The van der Waals surface area contributed by atoms with Gasteiger partial charge in [-0.1, -0.05) is 48.4 Å². The highest BCUT2D eigenvalue weighted by molar-refractivity contribution is 6.60. The van der Waals surface area contributed by atoms with E-state index in [1.807, 2.05) is 26.0 Å². The number of amides is 2. The van der Waals surface area contributed by atoms with Crippen molar-refractivity contribution in [1.29, 1.82) is 0 Å². The van der Waals surface area contributed by atoms with Gasteiger partial charge in [-0.2, -0.15) is 0 Å². The van der Waals surface area contributed by atoms with Crippen molar-refractivity contribution in [3.63, 3.8) is 0 Å². The van der Waals surface area contributed by atoms with Crippen molar-refractivity contribution < 1.29 is 14.3 Å². The van der Waals surface area contributed by atoms with Crippen molar-refractivity contribution in [3.8, 4) is 5.75 Å². The summed E-state index contributed by atoms with van der Waals surface area (Å²) in [4.78, 5) is 26.4. The Morgan fingerprint density at radius 1 is 0.960 bits per heavy atom. The Bertz CT molecular complexity index is 838. The van der Waals surface area contributed by atoms with Gasteiger partial charge in [0.1, 0.15) is 10.8 Å². The summed E-state index contributed by atoms with van der Waals surface area (Å²) in [5, 5.41) is -0.0622. The highest BCUT2D eigenvalue weighted by Gasteiger charge is 2.39. The lowest BCUT2D eigenvalue weighted by Crippen LogP contribution is -2.31. The molecule has 0 spiro atoms. The minimum atomic E-state index is -0.503. The number of benzene rings is 2. The molecule has 2 amide bonds. The molecule has 4 nitrogen and oxygen atoms in total. The van der Waals surface area contributed by atoms with Gasteiger partial charge in [-0.25, -0.2) is 4.90 Å². The molecule has 3 rings (SSSR count). The van der Waals surface area contributed by atoms with E-state index in [0.717, 1.165) is 22.6 Å². The molecule has 1 aliphatic rings. The quantitative estimate of drug-likeness (QED) is 0.751. The summed E-state index contributed by atoms with van der Waals surface area (Å²) in [5.41, 5.74) is 2.37. The van der Waals surface area contributed by atoms with Crippen LogP contribution in [0.25, 0.3) is 5.57 Å². The Hall–Kier alpha value is -2.59. The minimum Gasteiger partial charge on any atom is -0.494 e. The zero-order valence-electron chi connectivity index (χ0n) is 14.1. The Kier molecular flexibility index (Phi) is 4.91. The Labute approximate surface area is 151 Å². The van der Waals surface area contributed by atoms with Gasteiger partial charge in [0.2, 0.25) is 0 Å². The fourth-order valence-electron chi connectivity index (χ4n) is 2.62. The fraction of sp³-hybridized carbons (Fsp3) is 0.200. The Balaban J connectivity index is 1.90. The van der Waals surface area contributed by atoms with Crippen LogP contribution in [0.4, 0.5) is 5.69 Å². The maximum atomic E-state index is 12.8. The maximum absolute atomic E-state index is 12.8. The first-order valence-corrected chi connectivity index (χ1v) is 8.49. The lowest BCUT2D eigenvalue weighted by Gasteiger charge is -2.15. The molecule has 0 aliphatic carbocycles. The third-order valence-corrected chi connectivity index (χ3v) is 4.29. The van der Waals surface area contributed by atoms with Gasteiger partial charge < -0.3 is 4.74 Å². The number of carbonyl (C=O) groups is 2. The molecule has 1 aliphatic heterocycles. The van der Waals surface area contributed by atoms with Crippen molar-refractivity contribution in [2.24, 2.45) is 0 Å². The van der Waals surface area contributed by atoms with E-state index in [2.05, 4.69) is 0 Å². The molecular formula is C20H18ClNO3. The monoisotopic (exact) mass is 355 g/mol. The smallest absolute Gasteiger partial charge is 0.277 e. The molecule has 0 radical (unpaired) electrons. The number of carbonyl (C=O) groups excluding carboxylic acids is 2. The standard InChI is InChI=1S/C20H18ClNO3/c1-3-12-25-16-10-6-14(7-11-16)17-18(21)20(24)22(19(17)23)15-8-4-13(2)5-9-15/h4-11H,3,12H2,1-2H3. The molecule has 0 atom stereocenters. The summed E-state index contributed by atoms with van der Waals surface area (Å²) in [7, 11) is 0. The number of hydrogen-bond donors (Lipinski definition) is 0. The predicted molar refractivity (Wildman–Crippen MR) is 98.7 cm³/mol. The van der Waals surface area contributed by atoms with Crippen LogP contribution in [-0.4, -0.2) is 18.4 Å². The second-order valence-electron chi connectivity index (χ2n) is 5.84. The predicted octanol–water partition coefficient (Wildman–Crippen LogP) is 4.31. The van der Waals surface area contributed by atoms with E-state index in [9.17, 15) is 9.59 Å². The average Bonchev–Trinajstić information content (AvgIpc) is 2.84. The van der Waals surface area contributed by atoms with E-state index in [0.29, 0.717) is 17.9 Å². The highest BCUT2D eigenvalue weighted by atomic mass is 35.5. The Morgan fingerprint density at radius 3 is 2.20 bits per heavy atom. The Morgan fingerprint density at radius 2 is 1.60 bits per heavy atom. The first-order chi connectivity index (χ1) is 12.0. The van der Waals surface area contributed by atoms with E-state index in [4.69, 9.17) is 16.3 Å². The van der Waals surface area contributed by atoms with Crippen molar-refractivity contribution in [1.82, 2.24) is 0 Å². The number of hydrogen-bond acceptors (Lipinski definition) is 3. The number of ether oxygens (including phenoxy) is 1. The molecule has 0 aromatic heterocycles. The van der Waals surface area contributed by atoms with Crippen LogP contribution in [0.5, 0.6) is 5.75 Å². The van der Waals surface area contributed by atoms with Crippen LogP contribution in [0.1, 0.15) is 24.5 Å². The van der Waals surface area contributed by atoms with Crippen molar-refractivity contribution >= 4 is 34.7 Å². The molecule has 2 aromatic rings. The van der Waals surface area contributed by atoms with Gasteiger partial charge in [0, 0.05) is 0 Å². The fourth-order valence-corrected chi connectivity index (χ4v) is 2.89. The molecule has 25 heavy (non-hydrogen) atoms. The number of nitrogens with zero attached hydrogens (tertiary/aromatic N) is 1. The van der Waals surface area contributed by atoms with Crippen LogP contribution in [0.2, 0.25) is 0 Å². The zero-order chi connectivity index (χ0) is 18.0. The van der Waals surface area contributed by atoms with Crippen LogP contribution in [0, 0.1) is 6.92 Å². The van der Waals surface area contributed by atoms with Gasteiger partial charge in [-0.15, -0.1) is 0 Å². The zero-order valence-corrected chi connectivity index (χ0v) is 14.8. The summed E-state index contributed by atoms with van der Waals surface area (Å²) in [6.45, 7) is 4.60. The van der Waals surface area contributed by atoms with E-state index in [1.165, 1.54) is 0 Å². The summed E-state index contributed by atoms with van der Waals surface area (Å²) >= 11 is 6.19. The summed E-state index contributed by atoms with van der Waals surface area (Å²) in [6.07, 6.45) is 0.914. The highest BCUT2D eigenvalue weighted by Crippen LogP contribution is 2.35. The normalized spacial score (nSPS) is 14.4. The molecule has 0 N–H and O–H groups in total. The molecule has 0 fully saturated rings. The molecular weight excluding hydrogens is 338 g/mol. The largest absolute Gasteiger partial charge is 0.494 e. The van der Waals surface area contributed by atoms with Crippen molar-refractivity contribution in [2.45, 2.75) is 20.3 Å². The second kappa shape index (κ2) is 7.11. The van der Waals surface area contributed by atoms with Crippen LogP contribution in [0.15, 0.2) is 53.6 Å².